The van der Waals surface area contributed by atoms with Crippen LogP contribution in [-0.2, 0) is 9.53 Å². The van der Waals surface area contributed by atoms with Crippen molar-refractivity contribution < 1.29 is 14.6 Å². The summed E-state index contributed by atoms with van der Waals surface area (Å²) in [4.78, 5) is 10.9. The maximum atomic E-state index is 10.9. The lowest BCUT2D eigenvalue weighted by atomic mass is 9.97. The van der Waals surface area contributed by atoms with Gasteiger partial charge in [-0.3, -0.25) is 4.79 Å². The highest BCUT2D eigenvalue weighted by atomic mass is 32.2. The van der Waals surface area contributed by atoms with Gasteiger partial charge in [0.15, 0.2) is 0 Å². The zero-order chi connectivity index (χ0) is 10.6. The molecule has 1 N–H and O–H groups in total. The number of carboxylic acids is 1. The smallest absolute Gasteiger partial charge is 0.309 e. The molecule has 1 aliphatic heterocycles. The number of carbonyl (C=O) groups is 1. The van der Waals surface area contributed by atoms with Crippen LogP contribution in [0.1, 0.15) is 26.7 Å². The van der Waals surface area contributed by atoms with Crippen molar-refractivity contribution in [3.05, 3.63) is 0 Å². The highest BCUT2D eigenvalue weighted by molar-refractivity contribution is 7.99. The van der Waals surface area contributed by atoms with Crippen molar-refractivity contribution in [2.24, 2.45) is 5.41 Å². The Bertz CT molecular complexity index is 198. The minimum atomic E-state index is -0.711. The van der Waals surface area contributed by atoms with Crippen LogP contribution in [0.15, 0.2) is 0 Å². The van der Waals surface area contributed by atoms with Gasteiger partial charge in [-0.1, -0.05) is 0 Å². The summed E-state index contributed by atoms with van der Waals surface area (Å²) in [5, 5.41) is 9.52. The summed E-state index contributed by atoms with van der Waals surface area (Å²) >= 11 is 1.77. The lowest BCUT2D eigenvalue weighted by molar-refractivity contribution is -0.145. The molecule has 0 spiro atoms. The van der Waals surface area contributed by atoms with Gasteiger partial charge in [0.05, 0.1) is 5.41 Å². The fourth-order valence-electron chi connectivity index (χ4n) is 1.23. The van der Waals surface area contributed by atoms with E-state index in [2.05, 4.69) is 0 Å². The molecule has 4 heteroatoms. The minimum absolute atomic E-state index is 0.586. The van der Waals surface area contributed by atoms with Gasteiger partial charge < -0.3 is 9.84 Å². The average molecular weight is 218 g/mol. The molecule has 0 saturated carbocycles. The van der Waals surface area contributed by atoms with Crippen LogP contribution in [0, 0.1) is 5.41 Å². The second-order valence-electron chi connectivity index (χ2n) is 4.31. The van der Waals surface area contributed by atoms with Crippen molar-refractivity contribution in [3.8, 4) is 0 Å². The topological polar surface area (TPSA) is 46.5 Å². The number of rotatable bonds is 4. The van der Waals surface area contributed by atoms with Gasteiger partial charge in [0.25, 0.3) is 0 Å². The molecule has 82 valence electrons. The van der Waals surface area contributed by atoms with Crippen LogP contribution < -0.4 is 0 Å². The Labute approximate surface area is 89.2 Å². The first kappa shape index (κ1) is 11.9. The molecular weight excluding hydrogens is 200 g/mol. The quantitative estimate of drug-likeness (QED) is 0.784. The Hall–Kier alpha value is -0.220. The van der Waals surface area contributed by atoms with E-state index in [-0.39, 0.29) is 0 Å². The zero-order valence-corrected chi connectivity index (χ0v) is 9.60. The molecule has 0 aromatic heterocycles. The van der Waals surface area contributed by atoms with Crippen molar-refractivity contribution in [3.63, 3.8) is 0 Å². The van der Waals surface area contributed by atoms with E-state index in [1.165, 1.54) is 0 Å². The summed E-state index contributed by atoms with van der Waals surface area (Å²) in [6, 6.07) is 0. The van der Waals surface area contributed by atoms with Crippen LogP contribution in [0.4, 0.5) is 0 Å². The molecule has 0 unspecified atom stereocenters. The number of hydrogen-bond donors (Lipinski definition) is 1. The molecule has 1 rings (SSSR count). The van der Waals surface area contributed by atoms with Crippen LogP contribution in [-0.4, -0.2) is 35.3 Å². The van der Waals surface area contributed by atoms with E-state index in [1.54, 1.807) is 25.6 Å². The third-order valence-electron chi connectivity index (χ3n) is 2.43. The maximum absolute atomic E-state index is 10.9. The minimum Gasteiger partial charge on any atom is -0.481 e. The highest BCUT2D eigenvalue weighted by Gasteiger charge is 2.28. The first-order valence-electron chi connectivity index (χ1n) is 4.95. The van der Waals surface area contributed by atoms with Crippen LogP contribution >= 0.6 is 11.8 Å². The summed E-state index contributed by atoms with van der Waals surface area (Å²) in [7, 11) is 0. The van der Waals surface area contributed by atoms with Gasteiger partial charge >= 0.3 is 5.97 Å². The predicted molar refractivity (Wildman–Crippen MR) is 57.7 cm³/mol. The van der Waals surface area contributed by atoms with Crippen molar-refractivity contribution in [2.45, 2.75) is 31.9 Å². The molecule has 0 bridgehead atoms. The Morgan fingerprint density at radius 2 is 2.07 bits per heavy atom. The molecule has 0 aliphatic carbocycles. The molecule has 0 radical (unpaired) electrons. The molecule has 1 fully saturated rings. The van der Waals surface area contributed by atoms with Gasteiger partial charge in [-0.15, -0.1) is 0 Å². The fourth-order valence-corrected chi connectivity index (χ4v) is 2.53. The lowest BCUT2D eigenvalue weighted by Crippen LogP contribution is -2.28. The van der Waals surface area contributed by atoms with Crippen LogP contribution in [0.3, 0.4) is 0 Å². The van der Waals surface area contributed by atoms with E-state index >= 15 is 0 Å². The number of hydrogen-bond acceptors (Lipinski definition) is 3. The van der Waals surface area contributed by atoms with E-state index in [4.69, 9.17) is 9.84 Å². The van der Waals surface area contributed by atoms with Crippen LogP contribution in [0.25, 0.3) is 0 Å². The molecule has 0 amide bonds. The third kappa shape index (κ3) is 3.50. The van der Waals surface area contributed by atoms with E-state index in [1.807, 2.05) is 0 Å². The second kappa shape index (κ2) is 5.03. The largest absolute Gasteiger partial charge is 0.481 e. The summed E-state index contributed by atoms with van der Waals surface area (Å²) in [5.74, 6) is -0.0236. The third-order valence-corrected chi connectivity index (χ3v) is 4.26. The van der Waals surface area contributed by atoms with Crippen molar-refractivity contribution >= 4 is 17.7 Å². The van der Waals surface area contributed by atoms with Gasteiger partial charge in [0.2, 0.25) is 0 Å². The average Bonchev–Trinajstić information content (AvgIpc) is 2.16. The van der Waals surface area contributed by atoms with E-state index in [9.17, 15) is 4.79 Å². The van der Waals surface area contributed by atoms with E-state index < -0.39 is 11.4 Å². The number of aliphatic carboxylic acids is 1. The molecule has 14 heavy (non-hydrogen) atoms. The Balaban J connectivity index is 2.28. The van der Waals surface area contributed by atoms with E-state index in [0.29, 0.717) is 11.0 Å². The molecular formula is C10H18O3S. The monoisotopic (exact) mass is 218 g/mol. The normalized spacial score (nSPS) is 19.6. The second-order valence-corrected chi connectivity index (χ2v) is 5.60. The molecule has 1 saturated heterocycles. The van der Waals surface area contributed by atoms with Gasteiger partial charge in [-0.05, 0) is 26.7 Å². The summed E-state index contributed by atoms with van der Waals surface area (Å²) in [6.07, 6.45) is 2.11. The van der Waals surface area contributed by atoms with Gasteiger partial charge in [0, 0.05) is 24.2 Å². The summed E-state index contributed by atoms with van der Waals surface area (Å²) in [6.45, 7) is 5.21. The van der Waals surface area contributed by atoms with E-state index in [0.717, 1.165) is 26.1 Å². The highest BCUT2D eigenvalue weighted by Crippen LogP contribution is 2.29. The Kier molecular flexibility index (Phi) is 4.26. The Morgan fingerprint density at radius 3 is 2.57 bits per heavy atom. The molecule has 0 aromatic rings. The maximum Gasteiger partial charge on any atom is 0.309 e. The number of thioether (sulfide) groups is 1. The molecule has 3 nitrogen and oxygen atoms in total. The van der Waals surface area contributed by atoms with Gasteiger partial charge in [-0.25, -0.2) is 0 Å². The molecule has 0 aromatic carbocycles. The summed E-state index contributed by atoms with van der Waals surface area (Å²) < 4.78 is 5.25. The van der Waals surface area contributed by atoms with Gasteiger partial charge in [-0.2, -0.15) is 11.8 Å². The standard InChI is InChI=1S/C10H18O3S/c1-10(2,9(11)12)7-14-8-3-5-13-6-4-8/h8H,3-7H2,1-2H3,(H,11,12). The molecule has 0 atom stereocenters. The van der Waals surface area contributed by atoms with Crippen LogP contribution in [0.2, 0.25) is 0 Å². The molecule has 1 heterocycles. The first-order valence-corrected chi connectivity index (χ1v) is 6.00. The van der Waals surface area contributed by atoms with Gasteiger partial charge in [0.1, 0.15) is 0 Å². The van der Waals surface area contributed by atoms with Crippen molar-refractivity contribution in [2.75, 3.05) is 19.0 Å². The number of carboxylic acid groups (broad SMARTS) is 1. The summed E-state index contributed by atoms with van der Waals surface area (Å²) in [5.41, 5.74) is -0.608. The number of ether oxygens (including phenoxy) is 1. The van der Waals surface area contributed by atoms with Crippen molar-refractivity contribution in [1.29, 1.82) is 0 Å². The Morgan fingerprint density at radius 1 is 1.50 bits per heavy atom. The predicted octanol–water partition coefficient (Wildman–Crippen LogP) is 2.01. The van der Waals surface area contributed by atoms with Crippen LogP contribution in [0.5, 0.6) is 0 Å². The fraction of sp³-hybridized carbons (Fsp3) is 0.900. The molecule has 1 aliphatic rings. The van der Waals surface area contributed by atoms with Crippen molar-refractivity contribution in [1.82, 2.24) is 0 Å². The first-order chi connectivity index (χ1) is 6.52. The zero-order valence-electron chi connectivity index (χ0n) is 8.78. The SMILES string of the molecule is CC(C)(CSC1CCOCC1)C(=O)O. The lowest BCUT2D eigenvalue weighted by Gasteiger charge is -2.25.